The van der Waals surface area contributed by atoms with Crippen LogP contribution in [0.3, 0.4) is 0 Å². The summed E-state index contributed by atoms with van der Waals surface area (Å²) < 4.78 is 0. The predicted molar refractivity (Wildman–Crippen MR) is 69.0 cm³/mol. The number of fused-ring (bicyclic) bond motifs is 1. The van der Waals surface area contributed by atoms with Gasteiger partial charge in [-0.15, -0.1) is 0 Å². The summed E-state index contributed by atoms with van der Waals surface area (Å²) in [7, 11) is 0. The van der Waals surface area contributed by atoms with E-state index < -0.39 is 0 Å². The van der Waals surface area contributed by atoms with Crippen LogP contribution in [0.1, 0.15) is 10.5 Å². The van der Waals surface area contributed by atoms with Crippen molar-refractivity contribution in [2.45, 2.75) is 6.04 Å². The van der Waals surface area contributed by atoms with Gasteiger partial charge < -0.3 is 15.1 Å². The molecule has 0 spiro atoms. The van der Waals surface area contributed by atoms with Gasteiger partial charge in [0.05, 0.1) is 6.04 Å². The minimum atomic E-state index is -0.138. The smallest absolute Gasteiger partial charge is 0.317 e. The van der Waals surface area contributed by atoms with Crippen molar-refractivity contribution >= 4 is 23.5 Å². The summed E-state index contributed by atoms with van der Waals surface area (Å²) in [4.78, 5) is 31.3. The fourth-order valence-corrected chi connectivity index (χ4v) is 2.63. The Morgan fingerprint density at radius 3 is 3.11 bits per heavy atom. The van der Waals surface area contributed by atoms with Gasteiger partial charge in [-0.1, -0.05) is 11.6 Å². The number of hydrogen-bond donors (Lipinski definition) is 1. The van der Waals surface area contributed by atoms with E-state index in [9.17, 15) is 9.59 Å². The molecule has 0 saturated carbocycles. The fourth-order valence-electron chi connectivity index (χ4n) is 2.47. The molecule has 0 bridgehead atoms. The zero-order valence-corrected chi connectivity index (χ0v) is 10.9. The van der Waals surface area contributed by atoms with Gasteiger partial charge in [-0.2, -0.15) is 0 Å². The summed E-state index contributed by atoms with van der Waals surface area (Å²) in [5, 5.41) is 3.28. The van der Waals surface area contributed by atoms with E-state index in [1.54, 1.807) is 21.9 Å². The molecule has 0 aromatic carbocycles. The predicted octanol–water partition coefficient (Wildman–Crippen LogP) is 0.585. The normalized spacial score (nSPS) is 22.2. The second-order valence-electron chi connectivity index (χ2n) is 4.64. The molecule has 2 saturated heterocycles. The zero-order chi connectivity index (χ0) is 13.4. The summed E-state index contributed by atoms with van der Waals surface area (Å²) >= 11 is 5.86. The molecule has 1 N–H and O–H groups in total. The van der Waals surface area contributed by atoms with E-state index in [2.05, 4.69) is 10.3 Å². The van der Waals surface area contributed by atoms with Gasteiger partial charge in [0.15, 0.2) is 0 Å². The molecule has 3 amide bonds. The Morgan fingerprint density at radius 2 is 2.32 bits per heavy atom. The van der Waals surface area contributed by atoms with Crippen LogP contribution in [0.25, 0.3) is 0 Å². The summed E-state index contributed by atoms with van der Waals surface area (Å²) in [6.45, 7) is 2.21. The van der Waals surface area contributed by atoms with Crippen LogP contribution in [0.2, 0.25) is 5.02 Å². The maximum Gasteiger partial charge on any atom is 0.317 e. The highest BCUT2D eigenvalue weighted by atomic mass is 35.5. The standard InChI is InChI=1S/C12H13ClN4O2/c13-8-1-2-14-10(5-8)11(18)16-3-4-17-9(7-16)6-15-12(17)19/h1-2,5,9H,3-4,6-7H2,(H,15,19). The first-order valence-corrected chi connectivity index (χ1v) is 6.48. The van der Waals surface area contributed by atoms with Crippen LogP contribution in [0.4, 0.5) is 4.79 Å². The van der Waals surface area contributed by atoms with Crippen molar-refractivity contribution in [1.82, 2.24) is 20.1 Å². The van der Waals surface area contributed by atoms with Gasteiger partial charge in [-0.25, -0.2) is 4.79 Å². The zero-order valence-electron chi connectivity index (χ0n) is 10.2. The maximum atomic E-state index is 12.3. The number of amides is 3. The van der Waals surface area contributed by atoms with Crippen LogP contribution in [-0.2, 0) is 0 Å². The van der Waals surface area contributed by atoms with Gasteiger partial charge in [0.25, 0.3) is 5.91 Å². The highest BCUT2D eigenvalue weighted by Crippen LogP contribution is 2.17. The summed E-state index contributed by atoms with van der Waals surface area (Å²) in [5.74, 6) is -0.138. The molecular formula is C12H13ClN4O2. The largest absolute Gasteiger partial charge is 0.336 e. The number of carbonyl (C=O) groups is 2. The molecule has 1 atom stereocenters. The molecule has 3 heterocycles. The van der Waals surface area contributed by atoms with E-state index in [1.165, 1.54) is 6.20 Å². The fraction of sp³-hybridized carbons (Fsp3) is 0.417. The van der Waals surface area contributed by atoms with E-state index in [0.29, 0.717) is 36.9 Å². The van der Waals surface area contributed by atoms with Crippen molar-refractivity contribution in [1.29, 1.82) is 0 Å². The van der Waals surface area contributed by atoms with Crippen LogP contribution >= 0.6 is 11.6 Å². The van der Waals surface area contributed by atoms with E-state index in [-0.39, 0.29) is 18.0 Å². The van der Waals surface area contributed by atoms with E-state index in [4.69, 9.17) is 11.6 Å². The minimum absolute atomic E-state index is 0.0435. The average Bonchev–Trinajstić information content (AvgIpc) is 2.79. The van der Waals surface area contributed by atoms with Crippen molar-refractivity contribution in [3.8, 4) is 0 Å². The van der Waals surface area contributed by atoms with Crippen molar-refractivity contribution in [2.24, 2.45) is 0 Å². The maximum absolute atomic E-state index is 12.3. The second-order valence-corrected chi connectivity index (χ2v) is 5.08. The molecule has 1 unspecified atom stereocenters. The van der Waals surface area contributed by atoms with Gasteiger partial charge in [0, 0.05) is 37.4 Å². The number of aromatic nitrogens is 1. The van der Waals surface area contributed by atoms with Crippen molar-refractivity contribution in [2.75, 3.05) is 26.2 Å². The molecule has 0 radical (unpaired) electrons. The molecule has 100 valence electrons. The van der Waals surface area contributed by atoms with E-state index in [1.807, 2.05) is 0 Å². The summed E-state index contributed by atoms with van der Waals surface area (Å²) in [6, 6.07) is 3.21. The van der Waals surface area contributed by atoms with Gasteiger partial charge in [-0.3, -0.25) is 9.78 Å². The molecule has 6 nitrogen and oxygen atoms in total. The van der Waals surface area contributed by atoms with Gasteiger partial charge in [0.2, 0.25) is 0 Å². The van der Waals surface area contributed by atoms with E-state index in [0.717, 1.165) is 0 Å². The molecule has 19 heavy (non-hydrogen) atoms. The number of urea groups is 1. The first-order chi connectivity index (χ1) is 9.15. The number of rotatable bonds is 1. The molecule has 0 aliphatic carbocycles. The third kappa shape index (κ3) is 2.23. The Bertz CT molecular complexity index is 536. The monoisotopic (exact) mass is 280 g/mol. The average molecular weight is 281 g/mol. The highest BCUT2D eigenvalue weighted by molar-refractivity contribution is 6.30. The SMILES string of the molecule is O=C(c1cc(Cl)ccn1)N1CCN2C(=O)NCC2C1. The molecule has 1 aromatic heterocycles. The van der Waals surface area contributed by atoms with Crippen molar-refractivity contribution < 1.29 is 9.59 Å². The quantitative estimate of drug-likeness (QED) is 0.819. The first kappa shape index (κ1) is 12.2. The number of halogens is 1. The number of pyridine rings is 1. The van der Waals surface area contributed by atoms with Gasteiger partial charge in [0.1, 0.15) is 5.69 Å². The van der Waals surface area contributed by atoms with Crippen molar-refractivity contribution in [3.05, 3.63) is 29.0 Å². The van der Waals surface area contributed by atoms with Gasteiger partial charge >= 0.3 is 6.03 Å². The van der Waals surface area contributed by atoms with Gasteiger partial charge in [-0.05, 0) is 12.1 Å². The molecule has 2 aliphatic rings. The minimum Gasteiger partial charge on any atom is -0.336 e. The van der Waals surface area contributed by atoms with E-state index >= 15 is 0 Å². The number of hydrogen-bond acceptors (Lipinski definition) is 3. The Morgan fingerprint density at radius 1 is 1.47 bits per heavy atom. The molecule has 3 rings (SSSR count). The molecular weight excluding hydrogens is 268 g/mol. The van der Waals surface area contributed by atoms with Crippen LogP contribution in [-0.4, -0.2) is 58.9 Å². The Balaban J connectivity index is 1.74. The lowest BCUT2D eigenvalue weighted by Gasteiger charge is -2.36. The molecule has 1 aromatic rings. The second kappa shape index (κ2) is 4.70. The topological polar surface area (TPSA) is 65.5 Å². The van der Waals surface area contributed by atoms with Crippen LogP contribution in [0.5, 0.6) is 0 Å². The number of piperazine rings is 1. The Hall–Kier alpha value is -1.82. The Labute approximate surface area is 115 Å². The molecule has 2 fully saturated rings. The third-order valence-electron chi connectivity index (χ3n) is 3.46. The first-order valence-electron chi connectivity index (χ1n) is 6.10. The third-order valence-corrected chi connectivity index (χ3v) is 3.70. The van der Waals surface area contributed by atoms with Crippen LogP contribution < -0.4 is 5.32 Å². The highest BCUT2D eigenvalue weighted by Gasteiger charge is 2.37. The number of carbonyl (C=O) groups excluding carboxylic acids is 2. The number of nitrogens with one attached hydrogen (secondary N) is 1. The molecule has 2 aliphatic heterocycles. The Kier molecular flexibility index (Phi) is 3.02. The lowest BCUT2D eigenvalue weighted by Crippen LogP contribution is -2.53. The molecule has 7 heteroatoms. The summed E-state index contributed by atoms with van der Waals surface area (Å²) in [6.07, 6.45) is 1.52. The summed E-state index contributed by atoms with van der Waals surface area (Å²) in [5.41, 5.74) is 0.346. The lowest BCUT2D eigenvalue weighted by atomic mass is 10.2. The van der Waals surface area contributed by atoms with Crippen molar-refractivity contribution in [3.63, 3.8) is 0 Å². The lowest BCUT2D eigenvalue weighted by molar-refractivity contribution is 0.0611. The number of nitrogens with zero attached hydrogens (tertiary/aromatic N) is 3. The van der Waals surface area contributed by atoms with Crippen LogP contribution in [0.15, 0.2) is 18.3 Å². The van der Waals surface area contributed by atoms with Crippen LogP contribution in [0, 0.1) is 0 Å².